The van der Waals surface area contributed by atoms with E-state index >= 15 is 0 Å². The quantitative estimate of drug-likeness (QED) is 0.192. The summed E-state index contributed by atoms with van der Waals surface area (Å²) < 4.78 is 5.94. The number of rotatable bonds is 9. The van der Waals surface area contributed by atoms with Crippen LogP contribution in [0.15, 0.2) is 53.1 Å². The third kappa shape index (κ3) is 5.45. The minimum Gasteiger partial charge on any atom is -0.330 e. The molecule has 0 unspecified atom stereocenters. The van der Waals surface area contributed by atoms with E-state index in [9.17, 15) is 4.79 Å². The van der Waals surface area contributed by atoms with E-state index in [1.54, 1.807) is 6.07 Å². The topological polar surface area (TPSA) is 68.9 Å². The number of nitrogens with zero attached hydrogens (tertiary/aromatic N) is 3. The molecule has 0 saturated carbocycles. The highest BCUT2D eigenvalue weighted by Gasteiger charge is 2.16. The summed E-state index contributed by atoms with van der Waals surface area (Å²) in [4.78, 5) is 20.7. The first-order valence-electron chi connectivity index (χ1n) is 8.76. The molecule has 3 rings (SSSR count). The molecule has 26 heavy (non-hydrogen) atoms. The molecule has 0 radical (unpaired) electrons. The highest BCUT2D eigenvalue weighted by molar-refractivity contribution is 14.1. The van der Waals surface area contributed by atoms with Crippen LogP contribution >= 0.6 is 22.6 Å². The fourth-order valence-electron chi connectivity index (χ4n) is 2.69. The van der Waals surface area contributed by atoms with E-state index in [0.717, 1.165) is 35.8 Å². The number of ketones is 1. The van der Waals surface area contributed by atoms with Crippen LogP contribution in [0.25, 0.3) is 11.5 Å². The Kier molecular flexibility index (Phi) is 6.88. The third-order valence-corrected chi connectivity index (χ3v) is 4.67. The van der Waals surface area contributed by atoms with Gasteiger partial charge in [0.1, 0.15) is 9.39 Å². The Balaban J connectivity index is 1.40. The van der Waals surface area contributed by atoms with Crippen molar-refractivity contribution < 1.29 is 9.32 Å². The Morgan fingerprint density at radius 1 is 0.923 bits per heavy atom. The molecule has 0 N–H and O–H groups in total. The summed E-state index contributed by atoms with van der Waals surface area (Å²) in [6.07, 6.45) is 5.65. The van der Waals surface area contributed by atoms with Gasteiger partial charge < -0.3 is 4.52 Å². The molecule has 3 aromatic rings. The number of hydrogen-bond acceptors (Lipinski definition) is 5. The van der Waals surface area contributed by atoms with Crippen LogP contribution < -0.4 is 0 Å². The number of halogens is 1. The number of carbonyl (C=O) groups excluding carboxylic acids is 1. The molecule has 0 atom stereocenters. The third-order valence-electron chi connectivity index (χ3n) is 4.07. The number of carbonyl (C=O) groups is 1. The molecule has 0 aliphatic heterocycles. The van der Waals surface area contributed by atoms with Gasteiger partial charge in [-0.3, -0.25) is 4.79 Å². The zero-order chi connectivity index (χ0) is 18.2. The van der Waals surface area contributed by atoms with Crippen LogP contribution in [0.3, 0.4) is 0 Å². The number of pyridine rings is 1. The summed E-state index contributed by atoms with van der Waals surface area (Å²) in [6.45, 7) is 0. The minimum atomic E-state index is -0.0996. The van der Waals surface area contributed by atoms with E-state index in [0.29, 0.717) is 17.9 Å². The Labute approximate surface area is 166 Å². The zero-order valence-corrected chi connectivity index (χ0v) is 16.6. The van der Waals surface area contributed by atoms with Crippen LogP contribution in [0.2, 0.25) is 0 Å². The molecule has 2 aromatic heterocycles. The number of benzene rings is 1. The number of unbranched alkanes of at least 4 members (excludes halogenated alkanes) is 3. The molecular weight excluding hydrogens is 441 g/mol. The summed E-state index contributed by atoms with van der Waals surface area (Å²) in [5.41, 5.74) is 1.98. The smallest absolute Gasteiger partial charge is 0.294 e. The van der Waals surface area contributed by atoms with Crippen molar-refractivity contribution in [3.63, 3.8) is 0 Å². The summed E-state index contributed by atoms with van der Waals surface area (Å²) in [7, 11) is 0. The summed E-state index contributed by atoms with van der Waals surface area (Å²) in [5.74, 6) is 0.331. The van der Waals surface area contributed by atoms with Crippen LogP contribution in [-0.2, 0) is 6.42 Å². The summed E-state index contributed by atoms with van der Waals surface area (Å²) in [6, 6.07) is 16.0. The lowest BCUT2D eigenvalue weighted by Gasteiger charge is -2.01. The number of Topliss-reactive ketones (excluding diaryl/α,β-unsaturated/α-hetero) is 1. The first kappa shape index (κ1) is 18.7. The molecule has 0 spiro atoms. The van der Waals surface area contributed by atoms with Crippen LogP contribution in [0, 0.1) is 3.70 Å². The summed E-state index contributed by atoms with van der Waals surface area (Å²) in [5, 5.41) is 3.87. The maximum absolute atomic E-state index is 12.2. The SMILES string of the molecule is O=C(CCCCCCc1ccccc1)c1nc(-c2cccc(I)n2)no1. The number of aromatic nitrogens is 3. The molecule has 1 aromatic carbocycles. The second-order valence-corrected chi connectivity index (χ2v) is 7.20. The van der Waals surface area contributed by atoms with Gasteiger partial charge in [-0.2, -0.15) is 4.98 Å². The average molecular weight is 461 g/mol. The Morgan fingerprint density at radius 2 is 1.73 bits per heavy atom. The van der Waals surface area contributed by atoms with Gasteiger partial charge >= 0.3 is 0 Å². The van der Waals surface area contributed by atoms with Crippen molar-refractivity contribution in [2.24, 2.45) is 0 Å². The lowest BCUT2D eigenvalue weighted by Crippen LogP contribution is -1.99. The van der Waals surface area contributed by atoms with Gasteiger partial charge in [0, 0.05) is 6.42 Å². The molecule has 0 bridgehead atoms. The predicted octanol–water partition coefficient (Wildman–Crippen LogP) is 5.11. The van der Waals surface area contributed by atoms with Crippen LogP contribution in [0.1, 0.15) is 48.4 Å². The Morgan fingerprint density at radius 3 is 2.54 bits per heavy atom. The Bertz CT molecular complexity index is 849. The number of hydrogen-bond donors (Lipinski definition) is 0. The van der Waals surface area contributed by atoms with E-state index in [-0.39, 0.29) is 11.7 Å². The molecule has 5 nitrogen and oxygen atoms in total. The second-order valence-electron chi connectivity index (χ2n) is 6.09. The van der Waals surface area contributed by atoms with Crippen LogP contribution in [0.4, 0.5) is 0 Å². The number of aryl methyl sites for hydroxylation is 1. The van der Waals surface area contributed by atoms with Gasteiger partial charge in [-0.25, -0.2) is 4.98 Å². The van der Waals surface area contributed by atoms with Crippen molar-refractivity contribution in [1.82, 2.24) is 15.1 Å². The van der Waals surface area contributed by atoms with Crippen molar-refractivity contribution >= 4 is 28.4 Å². The minimum absolute atomic E-state index is 0.0740. The molecule has 0 amide bonds. The van der Waals surface area contributed by atoms with Crippen LogP contribution in [0.5, 0.6) is 0 Å². The van der Waals surface area contributed by atoms with Gasteiger partial charge in [0.25, 0.3) is 5.89 Å². The second kappa shape index (κ2) is 9.56. The van der Waals surface area contributed by atoms with E-state index in [2.05, 4.69) is 62.0 Å². The Hall–Kier alpha value is -2.09. The van der Waals surface area contributed by atoms with Crippen molar-refractivity contribution in [1.29, 1.82) is 0 Å². The van der Waals surface area contributed by atoms with Gasteiger partial charge in [0.15, 0.2) is 0 Å². The highest BCUT2D eigenvalue weighted by atomic mass is 127. The van der Waals surface area contributed by atoms with Gasteiger partial charge in [0.2, 0.25) is 11.6 Å². The van der Waals surface area contributed by atoms with Gasteiger partial charge in [-0.15, -0.1) is 0 Å². The molecule has 0 saturated heterocycles. The first-order chi connectivity index (χ1) is 12.7. The van der Waals surface area contributed by atoms with Crippen molar-refractivity contribution in [3.8, 4) is 11.5 Å². The maximum Gasteiger partial charge on any atom is 0.294 e. The van der Waals surface area contributed by atoms with Crippen molar-refractivity contribution in [3.05, 3.63) is 63.7 Å². The average Bonchev–Trinajstić information content (AvgIpc) is 3.15. The van der Waals surface area contributed by atoms with Gasteiger partial charge in [0.05, 0.1) is 0 Å². The predicted molar refractivity (Wildman–Crippen MR) is 108 cm³/mol. The molecule has 6 heteroatoms. The molecular formula is C20H20IN3O2. The van der Waals surface area contributed by atoms with Gasteiger partial charge in [-0.1, -0.05) is 54.4 Å². The largest absolute Gasteiger partial charge is 0.330 e. The fourth-order valence-corrected chi connectivity index (χ4v) is 3.16. The lowest BCUT2D eigenvalue weighted by molar-refractivity contribution is 0.0936. The van der Waals surface area contributed by atoms with Crippen molar-refractivity contribution in [2.75, 3.05) is 0 Å². The molecule has 134 valence electrons. The summed E-state index contributed by atoms with van der Waals surface area (Å²) >= 11 is 2.12. The molecule has 0 fully saturated rings. The maximum atomic E-state index is 12.2. The molecule has 0 aliphatic carbocycles. The van der Waals surface area contributed by atoms with Gasteiger partial charge in [-0.05, 0) is 59.5 Å². The first-order valence-corrected chi connectivity index (χ1v) is 9.84. The van der Waals surface area contributed by atoms with Crippen LogP contribution in [-0.4, -0.2) is 20.9 Å². The van der Waals surface area contributed by atoms with E-state index in [1.165, 1.54) is 5.56 Å². The van der Waals surface area contributed by atoms with E-state index in [4.69, 9.17) is 4.52 Å². The monoisotopic (exact) mass is 461 g/mol. The molecule has 2 heterocycles. The van der Waals surface area contributed by atoms with E-state index < -0.39 is 0 Å². The lowest BCUT2D eigenvalue weighted by atomic mass is 10.0. The molecule has 0 aliphatic rings. The fraction of sp³-hybridized carbons (Fsp3) is 0.300. The highest BCUT2D eigenvalue weighted by Crippen LogP contribution is 2.16. The zero-order valence-electron chi connectivity index (χ0n) is 14.4. The van der Waals surface area contributed by atoms with Crippen molar-refractivity contribution in [2.45, 2.75) is 38.5 Å². The normalized spacial score (nSPS) is 10.8. The van der Waals surface area contributed by atoms with E-state index in [1.807, 2.05) is 18.2 Å². The standard InChI is InChI=1S/C20H20IN3O2/c21-18-14-8-12-16(22-18)19-23-20(26-24-19)17(25)13-7-2-1-4-9-15-10-5-3-6-11-15/h3,5-6,8,10-12,14H,1-2,4,7,9,13H2.